The SMILES string of the molecule is CCCCCCCCCCCCCCCCCCCCCCCCCCC(=O)O[Si](C)(C)C(C)(C)C. The third-order valence-electron chi connectivity index (χ3n) is 8.41. The molecule has 0 aliphatic carbocycles. The molecule has 2 nitrogen and oxygen atoms in total. The standard InChI is InChI=1S/C33H68O2Si/c1-7-8-9-10-11-12-13-14-15-16-17-18-19-20-21-22-23-24-25-26-27-28-29-30-31-32(34)35-36(5,6)33(2,3)4/h7-31H2,1-6H3. The van der Waals surface area contributed by atoms with Crippen molar-refractivity contribution in [3.8, 4) is 0 Å². The number of carbonyl (C=O) groups excluding carboxylic acids is 1. The average molecular weight is 525 g/mol. The van der Waals surface area contributed by atoms with Gasteiger partial charge < -0.3 is 4.43 Å². The maximum Gasteiger partial charge on any atom is 0.292 e. The first-order chi connectivity index (χ1) is 17.2. The Kier molecular flexibility index (Phi) is 23.6. The summed E-state index contributed by atoms with van der Waals surface area (Å²) < 4.78 is 5.85. The van der Waals surface area contributed by atoms with E-state index in [1.54, 1.807) is 0 Å². The van der Waals surface area contributed by atoms with Gasteiger partial charge in [0.25, 0.3) is 14.3 Å². The fourth-order valence-corrected chi connectivity index (χ4v) is 5.70. The van der Waals surface area contributed by atoms with E-state index in [4.69, 9.17) is 4.43 Å². The molecule has 0 N–H and O–H groups in total. The maximum absolute atomic E-state index is 12.1. The quantitative estimate of drug-likeness (QED) is 0.0830. The summed E-state index contributed by atoms with van der Waals surface area (Å²) in [7, 11) is -1.94. The van der Waals surface area contributed by atoms with Gasteiger partial charge in [0.1, 0.15) is 0 Å². The zero-order valence-corrected chi connectivity index (χ0v) is 27.0. The van der Waals surface area contributed by atoms with Crippen LogP contribution in [0.2, 0.25) is 18.1 Å². The van der Waals surface area contributed by atoms with Crippen molar-refractivity contribution in [2.75, 3.05) is 0 Å². The van der Waals surface area contributed by atoms with Crippen molar-refractivity contribution in [2.45, 2.75) is 206 Å². The molecule has 0 aromatic carbocycles. The zero-order valence-electron chi connectivity index (χ0n) is 26.0. The average Bonchev–Trinajstić information content (AvgIpc) is 2.80. The number of rotatable bonds is 26. The molecule has 36 heavy (non-hydrogen) atoms. The van der Waals surface area contributed by atoms with Crippen molar-refractivity contribution < 1.29 is 9.22 Å². The molecule has 216 valence electrons. The predicted molar refractivity (Wildman–Crippen MR) is 164 cm³/mol. The lowest BCUT2D eigenvalue weighted by atomic mass is 10.0. The lowest BCUT2D eigenvalue weighted by Gasteiger charge is -2.35. The van der Waals surface area contributed by atoms with Gasteiger partial charge in [0.15, 0.2) is 0 Å². The van der Waals surface area contributed by atoms with Crippen molar-refractivity contribution in [3.05, 3.63) is 0 Å². The van der Waals surface area contributed by atoms with E-state index < -0.39 is 8.32 Å². The van der Waals surface area contributed by atoms with E-state index in [2.05, 4.69) is 40.8 Å². The van der Waals surface area contributed by atoms with Crippen molar-refractivity contribution in [2.24, 2.45) is 0 Å². The highest BCUT2D eigenvalue weighted by molar-refractivity contribution is 6.75. The third-order valence-corrected chi connectivity index (χ3v) is 12.8. The summed E-state index contributed by atoms with van der Waals surface area (Å²) in [4.78, 5) is 12.1. The Morgan fingerprint density at radius 3 is 1.00 bits per heavy atom. The Labute approximate surface area is 229 Å². The number of hydrogen-bond donors (Lipinski definition) is 0. The minimum Gasteiger partial charge on any atom is -0.519 e. The van der Waals surface area contributed by atoms with E-state index >= 15 is 0 Å². The molecule has 0 atom stereocenters. The summed E-state index contributed by atoms with van der Waals surface area (Å²) in [5.74, 6) is 0.0281. The molecule has 0 saturated heterocycles. The molecule has 0 heterocycles. The Morgan fingerprint density at radius 1 is 0.500 bits per heavy atom. The molecule has 3 heteroatoms. The molecule has 0 bridgehead atoms. The van der Waals surface area contributed by atoms with Gasteiger partial charge in [-0.1, -0.05) is 175 Å². The van der Waals surface area contributed by atoms with E-state index in [0.717, 1.165) is 6.42 Å². The smallest absolute Gasteiger partial charge is 0.292 e. The lowest BCUT2D eigenvalue weighted by Crippen LogP contribution is -2.42. The van der Waals surface area contributed by atoms with Crippen LogP contribution in [0.3, 0.4) is 0 Å². The molecule has 0 rings (SSSR count). The molecule has 0 spiro atoms. The molecule has 0 aliphatic rings. The Hall–Kier alpha value is -0.313. The highest BCUT2D eigenvalue weighted by atomic mass is 28.4. The van der Waals surface area contributed by atoms with Crippen molar-refractivity contribution in [1.29, 1.82) is 0 Å². The minimum atomic E-state index is -1.94. The van der Waals surface area contributed by atoms with Gasteiger partial charge in [-0.25, -0.2) is 0 Å². The van der Waals surface area contributed by atoms with Crippen LogP contribution in [0.1, 0.15) is 188 Å². The molecule has 0 unspecified atom stereocenters. The summed E-state index contributed by atoms with van der Waals surface area (Å²) >= 11 is 0. The van der Waals surface area contributed by atoms with Crippen molar-refractivity contribution in [1.82, 2.24) is 0 Å². The molecule has 0 saturated carbocycles. The Balaban J connectivity index is 3.23. The molecule has 0 fully saturated rings. The Bertz CT molecular complexity index is 481. The van der Waals surface area contributed by atoms with Gasteiger partial charge in [0, 0.05) is 6.42 Å². The first-order valence-corrected chi connectivity index (χ1v) is 19.3. The topological polar surface area (TPSA) is 26.3 Å². The monoisotopic (exact) mass is 524 g/mol. The first-order valence-electron chi connectivity index (χ1n) is 16.4. The third kappa shape index (κ3) is 22.9. The summed E-state index contributed by atoms with van der Waals surface area (Å²) in [6.45, 7) is 13.2. The highest BCUT2D eigenvalue weighted by Crippen LogP contribution is 2.36. The normalized spacial score (nSPS) is 12.3. The summed E-state index contributed by atoms with van der Waals surface area (Å²) in [6.07, 6.45) is 34.2. The first kappa shape index (κ1) is 35.7. The van der Waals surface area contributed by atoms with Crippen molar-refractivity contribution >= 4 is 14.3 Å². The van der Waals surface area contributed by atoms with Crippen LogP contribution in [0.15, 0.2) is 0 Å². The van der Waals surface area contributed by atoms with E-state index in [1.165, 1.54) is 148 Å². The van der Waals surface area contributed by atoms with E-state index in [-0.39, 0.29) is 11.0 Å². The van der Waals surface area contributed by atoms with Crippen LogP contribution in [0.5, 0.6) is 0 Å². The fourth-order valence-electron chi connectivity index (χ4n) is 4.72. The number of hydrogen-bond acceptors (Lipinski definition) is 2. The van der Waals surface area contributed by atoms with Gasteiger partial charge in [-0.05, 0) is 24.6 Å². The van der Waals surface area contributed by atoms with Crippen LogP contribution >= 0.6 is 0 Å². The highest BCUT2D eigenvalue weighted by Gasteiger charge is 2.40. The summed E-state index contributed by atoms with van der Waals surface area (Å²) in [5.41, 5.74) is 0. The zero-order chi connectivity index (χ0) is 27.0. The van der Waals surface area contributed by atoms with Crippen molar-refractivity contribution in [3.63, 3.8) is 0 Å². The summed E-state index contributed by atoms with van der Waals surface area (Å²) in [5, 5.41) is 0.106. The van der Waals surface area contributed by atoms with Crippen LogP contribution < -0.4 is 0 Å². The van der Waals surface area contributed by atoms with E-state index in [9.17, 15) is 4.79 Å². The molecule has 0 amide bonds. The van der Waals surface area contributed by atoms with Gasteiger partial charge in [-0.3, -0.25) is 4.79 Å². The van der Waals surface area contributed by atoms with Gasteiger partial charge >= 0.3 is 0 Å². The molecule has 0 aromatic rings. The van der Waals surface area contributed by atoms with Gasteiger partial charge in [0.05, 0.1) is 0 Å². The van der Waals surface area contributed by atoms with Gasteiger partial charge in [-0.15, -0.1) is 0 Å². The number of carbonyl (C=O) groups is 1. The molecular formula is C33H68O2Si. The largest absolute Gasteiger partial charge is 0.519 e. The van der Waals surface area contributed by atoms with Crippen LogP contribution in [-0.2, 0) is 9.22 Å². The van der Waals surface area contributed by atoms with Crippen LogP contribution in [-0.4, -0.2) is 14.3 Å². The van der Waals surface area contributed by atoms with Crippen LogP contribution in [0, 0.1) is 0 Å². The molecular weight excluding hydrogens is 456 g/mol. The van der Waals surface area contributed by atoms with Crippen LogP contribution in [0.4, 0.5) is 0 Å². The second kappa shape index (κ2) is 23.8. The van der Waals surface area contributed by atoms with Gasteiger partial charge in [-0.2, -0.15) is 0 Å². The Morgan fingerprint density at radius 2 is 0.750 bits per heavy atom. The predicted octanol–water partition coefficient (Wildman–Crippen LogP) is 12.3. The van der Waals surface area contributed by atoms with Gasteiger partial charge in [0.2, 0.25) is 0 Å². The number of unbranched alkanes of at least 4 members (excludes halogenated alkanes) is 23. The second-order valence-corrected chi connectivity index (χ2v) is 17.8. The minimum absolute atomic E-state index is 0.0281. The fraction of sp³-hybridized carbons (Fsp3) is 0.970. The van der Waals surface area contributed by atoms with Crippen LogP contribution in [0.25, 0.3) is 0 Å². The second-order valence-electron chi connectivity index (χ2n) is 13.1. The van der Waals surface area contributed by atoms with E-state index in [0.29, 0.717) is 6.42 Å². The lowest BCUT2D eigenvalue weighted by molar-refractivity contribution is -0.135. The maximum atomic E-state index is 12.1. The van der Waals surface area contributed by atoms with E-state index in [1.807, 2.05) is 0 Å². The molecule has 0 aliphatic heterocycles. The molecule has 0 aromatic heterocycles. The summed E-state index contributed by atoms with van der Waals surface area (Å²) in [6, 6.07) is 0. The molecule has 0 radical (unpaired) electrons.